The monoisotopic (exact) mass is 906 g/mol. The molecule has 0 radical (unpaired) electrons. The molecule has 12 heteroatoms. The first-order chi connectivity index (χ1) is 32.8. The molecule has 2 heterocycles. The topological polar surface area (TPSA) is 221 Å². The number of benzene rings is 8. The van der Waals surface area contributed by atoms with Crippen LogP contribution in [0.1, 0.15) is 114 Å². The average Bonchev–Trinajstić information content (AvgIpc) is 3.96. The van der Waals surface area contributed by atoms with Gasteiger partial charge in [0.2, 0.25) is 0 Å². The van der Waals surface area contributed by atoms with Gasteiger partial charge in [0.1, 0.15) is 81.2 Å². The van der Waals surface area contributed by atoms with Crippen LogP contribution in [-0.4, -0.2) is 51.1 Å². The van der Waals surface area contributed by atoms with Crippen LogP contribution in [0.2, 0.25) is 0 Å². The molecule has 0 bridgehead atoms. The highest BCUT2D eigenvalue weighted by atomic mass is 16.5. The van der Waals surface area contributed by atoms with Gasteiger partial charge in [-0.2, -0.15) is 0 Å². The minimum Gasteiger partial charge on any atom is -0.508 e. The minimum atomic E-state index is -0.838. The molecule has 12 nitrogen and oxygen atoms in total. The molecule has 12 rings (SSSR count). The number of rotatable bonds is 6. The Morgan fingerprint density at radius 3 is 1.26 bits per heavy atom. The summed E-state index contributed by atoms with van der Waals surface area (Å²) in [6.07, 6.45) is -1.59. The molecule has 0 unspecified atom stereocenters. The van der Waals surface area contributed by atoms with Crippen LogP contribution >= 0.6 is 0 Å². The highest BCUT2D eigenvalue weighted by Gasteiger charge is 2.57. The average molecular weight is 907 g/mol. The molecule has 8 aromatic carbocycles. The number of phenolic OH excluding ortho intramolecular Hbond substituents is 10. The van der Waals surface area contributed by atoms with E-state index in [0.717, 1.165) is 5.56 Å². The molecule has 2 aliphatic heterocycles. The smallest absolute Gasteiger partial charge is 0.135 e. The molecule has 0 saturated carbocycles. The third kappa shape index (κ3) is 6.20. The Morgan fingerprint density at radius 2 is 0.706 bits per heavy atom. The number of phenols is 10. The van der Waals surface area contributed by atoms with E-state index >= 15 is 0 Å². The van der Waals surface area contributed by atoms with Crippen LogP contribution in [0.4, 0.5) is 0 Å². The Morgan fingerprint density at radius 1 is 0.265 bits per heavy atom. The summed E-state index contributed by atoms with van der Waals surface area (Å²) in [7, 11) is 0. The second-order valence-corrected chi connectivity index (χ2v) is 18.2. The van der Waals surface area contributed by atoms with Crippen molar-refractivity contribution in [2.75, 3.05) is 0 Å². The van der Waals surface area contributed by atoms with Crippen LogP contribution < -0.4 is 9.47 Å². The molecule has 4 aliphatic rings. The van der Waals surface area contributed by atoms with Crippen molar-refractivity contribution >= 4 is 0 Å². The van der Waals surface area contributed by atoms with Gasteiger partial charge in [-0.25, -0.2) is 0 Å². The van der Waals surface area contributed by atoms with Gasteiger partial charge in [-0.05, 0) is 117 Å². The third-order valence-corrected chi connectivity index (χ3v) is 14.4. The van der Waals surface area contributed by atoms with Gasteiger partial charge >= 0.3 is 0 Å². The maximum atomic E-state index is 12.8. The number of aromatic hydroxyl groups is 10. The van der Waals surface area contributed by atoms with E-state index in [9.17, 15) is 51.1 Å². The zero-order valence-electron chi connectivity index (χ0n) is 35.8. The van der Waals surface area contributed by atoms with Crippen LogP contribution in [0.3, 0.4) is 0 Å². The van der Waals surface area contributed by atoms with Crippen molar-refractivity contribution in [1.29, 1.82) is 0 Å². The van der Waals surface area contributed by atoms with Gasteiger partial charge in [0, 0.05) is 70.2 Å². The zero-order chi connectivity index (χ0) is 46.9. The van der Waals surface area contributed by atoms with E-state index in [1.54, 1.807) is 103 Å². The second kappa shape index (κ2) is 14.9. The zero-order valence-corrected chi connectivity index (χ0v) is 35.8. The Hall–Kier alpha value is -8.64. The van der Waals surface area contributed by atoms with Crippen LogP contribution in [0.15, 0.2) is 146 Å². The second-order valence-electron chi connectivity index (χ2n) is 18.2. The number of hydrogen-bond acceptors (Lipinski definition) is 12. The van der Waals surface area contributed by atoms with E-state index in [2.05, 4.69) is 0 Å². The van der Waals surface area contributed by atoms with Gasteiger partial charge in [-0.15, -0.1) is 0 Å². The van der Waals surface area contributed by atoms with Crippen molar-refractivity contribution in [1.82, 2.24) is 0 Å². The van der Waals surface area contributed by atoms with Crippen molar-refractivity contribution in [3.8, 4) is 69.0 Å². The van der Waals surface area contributed by atoms with Gasteiger partial charge in [0.25, 0.3) is 0 Å². The summed E-state index contributed by atoms with van der Waals surface area (Å²) in [6, 6.07) is 38.6. The maximum Gasteiger partial charge on any atom is 0.135 e. The van der Waals surface area contributed by atoms with Crippen molar-refractivity contribution in [2.45, 2.75) is 47.7 Å². The van der Waals surface area contributed by atoms with E-state index in [4.69, 9.17) is 9.47 Å². The SMILES string of the molecule is Oc1ccc([C@H]2c3c(O)cc(O)cc3[C@H]3c4c(cc(O)c5c4[C@H]2[C@@H](c2ccc(O)cc2)[C@@H]5c2cc(O)cc4c2[C@H](c2cc(O)cc(O)c2)[C@H](c2ccc(O)cc2)O4)O[C@@H]3c2ccc(O)cc2)cc1. The number of fused-ring (bicyclic) bond motifs is 3. The van der Waals surface area contributed by atoms with Crippen LogP contribution in [-0.2, 0) is 0 Å². The molecule has 0 fully saturated rings. The summed E-state index contributed by atoms with van der Waals surface area (Å²) in [4.78, 5) is 0. The number of hydrogen-bond donors (Lipinski definition) is 10. The van der Waals surface area contributed by atoms with E-state index in [1.807, 2.05) is 12.1 Å². The summed E-state index contributed by atoms with van der Waals surface area (Å²) >= 11 is 0. The fourth-order valence-electron chi connectivity index (χ4n) is 12.0. The van der Waals surface area contributed by atoms with Gasteiger partial charge in [-0.1, -0.05) is 48.5 Å². The highest BCUT2D eigenvalue weighted by molar-refractivity contribution is 5.74. The quantitative estimate of drug-likeness (QED) is 0.0753. The predicted molar refractivity (Wildman–Crippen MR) is 248 cm³/mol. The largest absolute Gasteiger partial charge is 0.508 e. The Bertz CT molecular complexity index is 3310. The minimum absolute atomic E-state index is 0.0105. The van der Waals surface area contributed by atoms with Crippen molar-refractivity contribution in [3.63, 3.8) is 0 Å². The van der Waals surface area contributed by atoms with Crippen LogP contribution in [0.5, 0.6) is 69.0 Å². The van der Waals surface area contributed by atoms with Gasteiger partial charge in [0.15, 0.2) is 0 Å². The lowest BCUT2D eigenvalue weighted by Crippen LogP contribution is -2.21. The number of ether oxygens (including phenoxy) is 2. The van der Waals surface area contributed by atoms with Crippen molar-refractivity contribution in [3.05, 3.63) is 212 Å². The van der Waals surface area contributed by atoms with E-state index in [-0.39, 0.29) is 57.5 Å². The third-order valence-electron chi connectivity index (χ3n) is 14.4. The lowest BCUT2D eigenvalue weighted by atomic mass is 9.68. The molecule has 0 amide bonds. The highest BCUT2D eigenvalue weighted by Crippen LogP contribution is 2.72. The Labute approximate surface area is 388 Å². The predicted octanol–water partition coefficient (Wildman–Crippen LogP) is 10.4. The normalized spacial score (nSPS) is 22.6. The van der Waals surface area contributed by atoms with Crippen LogP contribution in [0.25, 0.3) is 0 Å². The summed E-state index contributed by atoms with van der Waals surface area (Å²) in [6.45, 7) is 0. The van der Waals surface area contributed by atoms with Crippen molar-refractivity contribution < 1.29 is 60.5 Å². The first-order valence-electron chi connectivity index (χ1n) is 22.2. The van der Waals surface area contributed by atoms with Gasteiger partial charge in [-0.3, -0.25) is 0 Å². The van der Waals surface area contributed by atoms with Crippen molar-refractivity contribution in [2.24, 2.45) is 0 Å². The van der Waals surface area contributed by atoms with E-state index < -0.39 is 47.7 Å². The molecular formula is C56H42O12. The molecule has 68 heavy (non-hydrogen) atoms. The first kappa shape index (κ1) is 40.8. The molecule has 0 spiro atoms. The van der Waals surface area contributed by atoms with E-state index in [0.29, 0.717) is 72.7 Å². The van der Waals surface area contributed by atoms with Crippen LogP contribution in [0, 0.1) is 0 Å². The molecule has 8 atom stereocenters. The molecular weight excluding hydrogens is 865 g/mol. The Balaban J connectivity index is 1.20. The van der Waals surface area contributed by atoms with Gasteiger partial charge in [0.05, 0.1) is 11.8 Å². The first-order valence-corrected chi connectivity index (χ1v) is 22.2. The molecule has 0 aromatic heterocycles. The summed E-state index contributed by atoms with van der Waals surface area (Å²) in [5.41, 5.74) is 7.26. The lowest BCUT2D eigenvalue weighted by molar-refractivity contribution is 0.221. The summed E-state index contributed by atoms with van der Waals surface area (Å²) in [5, 5.41) is 112. The molecule has 0 saturated heterocycles. The molecule has 2 aliphatic carbocycles. The van der Waals surface area contributed by atoms with E-state index in [1.165, 1.54) is 30.3 Å². The fourth-order valence-corrected chi connectivity index (χ4v) is 12.0. The summed E-state index contributed by atoms with van der Waals surface area (Å²) < 4.78 is 13.7. The molecule has 8 aromatic rings. The lowest BCUT2D eigenvalue weighted by Gasteiger charge is -2.35. The van der Waals surface area contributed by atoms with Gasteiger partial charge < -0.3 is 60.5 Å². The molecule has 10 N–H and O–H groups in total. The molecule has 338 valence electrons. The maximum absolute atomic E-state index is 12.8. The standard InChI is InChI=1S/C56H42O12/c57-30-9-1-25(2-10-30)44-47-38(20-36(63)22-40(47)65)50-52-43(68-56(50)28-7-15-33(60)16-8-28)24-41(66)51-49(45(53(44)54(51)52)26-3-11-31(58)12-4-26)39-21-37(64)23-42-48(39)46(29-17-34(61)19-35(62)18-29)55(67-42)27-5-13-32(59)14-6-27/h1-24,44-46,49-50,53,55-66H/t44-,45-,46-,49-,50-,53+,55-,56+/m0/s1. The fraction of sp³-hybridized carbons (Fsp3) is 0.143. The Kier molecular flexibility index (Phi) is 8.97. The summed E-state index contributed by atoms with van der Waals surface area (Å²) in [5.74, 6) is -4.72.